The molecule has 6 heteroatoms. The molecule has 2 aromatic heterocycles. The minimum Gasteiger partial charge on any atom is -0.290 e. The number of hydrogen-bond acceptors (Lipinski definition) is 4. The van der Waals surface area contributed by atoms with Crippen LogP contribution in [-0.4, -0.2) is 9.55 Å². The summed E-state index contributed by atoms with van der Waals surface area (Å²) in [5.74, 6) is 0.788. The molecule has 3 nitrogen and oxygen atoms in total. The molecule has 0 aliphatic heterocycles. The number of hydrogen-bond donors (Lipinski definition) is 0. The van der Waals surface area contributed by atoms with Crippen molar-refractivity contribution in [2.24, 2.45) is 7.05 Å². The fraction of sp³-hybridized carbons (Fsp3) is 0.143. The Morgan fingerprint density at radius 1 is 1.40 bits per heavy atom. The normalized spacial score (nSPS) is 11.1. The first-order valence-electron chi connectivity index (χ1n) is 5.96. The van der Waals surface area contributed by atoms with Gasteiger partial charge in [-0.05, 0) is 29.1 Å². The van der Waals surface area contributed by atoms with Gasteiger partial charge in [0.15, 0.2) is 5.16 Å². The standard InChI is InChI=1S/C14H11BrN2OS2/c1-17-13(18)11-5-6-19-12(11)16-14(17)20-8-9-3-2-4-10(15)7-9/h2-7H,8H2,1H3. The average molecular weight is 367 g/mol. The minimum absolute atomic E-state index is 0.0213. The molecule has 3 aromatic rings. The van der Waals surface area contributed by atoms with Crippen molar-refractivity contribution >= 4 is 49.2 Å². The van der Waals surface area contributed by atoms with Crippen LogP contribution >= 0.6 is 39.0 Å². The molecule has 0 spiro atoms. The molecule has 0 saturated carbocycles. The molecule has 102 valence electrons. The second kappa shape index (κ2) is 5.71. The highest BCUT2D eigenvalue weighted by atomic mass is 79.9. The highest BCUT2D eigenvalue weighted by Gasteiger charge is 2.09. The van der Waals surface area contributed by atoms with Crippen LogP contribution in [0, 0.1) is 0 Å². The Morgan fingerprint density at radius 2 is 2.25 bits per heavy atom. The van der Waals surface area contributed by atoms with E-state index in [1.54, 1.807) is 23.4 Å². The third-order valence-corrected chi connectivity index (χ3v) is 5.32. The van der Waals surface area contributed by atoms with Crippen molar-refractivity contribution in [3.05, 3.63) is 56.1 Å². The summed E-state index contributed by atoms with van der Waals surface area (Å²) in [6.07, 6.45) is 0. The second-order valence-corrected chi connectivity index (χ2v) is 7.07. The molecule has 0 radical (unpaired) electrons. The Balaban J connectivity index is 1.91. The van der Waals surface area contributed by atoms with Crippen LogP contribution < -0.4 is 5.56 Å². The van der Waals surface area contributed by atoms with Gasteiger partial charge in [-0.3, -0.25) is 9.36 Å². The lowest BCUT2D eigenvalue weighted by Gasteiger charge is -2.07. The zero-order chi connectivity index (χ0) is 14.1. The maximum atomic E-state index is 12.2. The maximum absolute atomic E-state index is 12.2. The van der Waals surface area contributed by atoms with Crippen LogP contribution in [0.1, 0.15) is 5.56 Å². The zero-order valence-corrected chi connectivity index (χ0v) is 13.9. The molecule has 2 heterocycles. The topological polar surface area (TPSA) is 34.9 Å². The van der Waals surface area contributed by atoms with Gasteiger partial charge in [-0.25, -0.2) is 4.98 Å². The number of thioether (sulfide) groups is 1. The number of halogens is 1. The minimum atomic E-state index is 0.0213. The quantitative estimate of drug-likeness (QED) is 0.518. The first-order valence-corrected chi connectivity index (χ1v) is 8.62. The predicted octanol–water partition coefficient (Wildman–Crippen LogP) is 4.05. The van der Waals surface area contributed by atoms with Crippen LogP contribution in [0.25, 0.3) is 10.2 Å². The number of fused-ring (bicyclic) bond motifs is 1. The lowest BCUT2D eigenvalue weighted by Crippen LogP contribution is -2.19. The summed E-state index contributed by atoms with van der Waals surface area (Å²) in [5, 5.41) is 3.36. The first kappa shape index (κ1) is 13.9. The van der Waals surface area contributed by atoms with Crippen LogP contribution in [0.3, 0.4) is 0 Å². The van der Waals surface area contributed by atoms with Crippen LogP contribution in [0.4, 0.5) is 0 Å². The highest BCUT2D eigenvalue weighted by molar-refractivity contribution is 9.10. The van der Waals surface area contributed by atoms with Crippen molar-refractivity contribution in [1.82, 2.24) is 9.55 Å². The van der Waals surface area contributed by atoms with E-state index < -0.39 is 0 Å². The second-order valence-electron chi connectivity index (χ2n) is 4.32. The molecule has 0 aliphatic rings. The van der Waals surface area contributed by atoms with Gasteiger partial charge in [0.2, 0.25) is 0 Å². The van der Waals surface area contributed by atoms with E-state index in [9.17, 15) is 4.79 Å². The van der Waals surface area contributed by atoms with Gasteiger partial charge < -0.3 is 0 Å². The van der Waals surface area contributed by atoms with E-state index in [1.807, 2.05) is 23.6 Å². The Morgan fingerprint density at radius 3 is 3.05 bits per heavy atom. The van der Waals surface area contributed by atoms with Crippen LogP contribution in [0.5, 0.6) is 0 Å². The van der Waals surface area contributed by atoms with Crippen molar-refractivity contribution in [1.29, 1.82) is 0 Å². The Labute approximate surface area is 132 Å². The van der Waals surface area contributed by atoms with Gasteiger partial charge in [0.1, 0.15) is 4.83 Å². The molecule has 20 heavy (non-hydrogen) atoms. The molecule has 0 amide bonds. The molecular weight excluding hydrogens is 356 g/mol. The lowest BCUT2D eigenvalue weighted by atomic mass is 10.2. The summed E-state index contributed by atoms with van der Waals surface area (Å²) in [6, 6.07) is 9.99. The van der Waals surface area contributed by atoms with E-state index in [4.69, 9.17) is 0 Å². The Bertz CT molecular complexity index is 825. The van der Waals surface area contributed by atoms with Crippen LogP contribution in [0.15, 0.2) is 50.1 Å². The number of thiophene rings is 1. The smallest absolute Gasteiger partial charge is 0.262 e. The largest absolute Gasteiger partial charge is 0.290 e. The molecule has 1 aromatic carbocycles. The van der Waals surface area contributed by atoms with Gasteiger partial charge in [0.25, 0.3) is 5.56 Å². The van der Waals surface area contributed by atoms with Crippen molar-refractivity contribution in [2.45, 2.75) is 10.9 Å². The summed E-state index contributed by atoms with van der Waals surface area (Å²) >= 11 is 6.55. The summed E-state index contributed by atoms with van der Waals surface area (Å²) < 4.78 is 2.68. The van der Waals surface area contributed by atoms with Crippen LogP contribution in [-0.2, 0) is 12.8 Å². The SMILES string of the molecule is Cn1c(SCc2cccc(Br)c2)nc2sccc2c1=O. The number of benzene rings is 1. The summed E-state index contributed by atoms with van der Waals surface area (Å²) in [7, 11) is 1.77. The predicted molar refractivity (Wildman–Crippen MR) is 88.6 cm³/mol. The van der Waals surface area contributed by atoms with Gasteiger partial charge in [0.05, 0.1) is 5.39 Å². The van der Waals surface area contributed by atoms with Crippen molar-refractivity contribution < 1.29 is 0 Å². The Kier molecular flexibility index (Phi) is 3.96. The summed E-state index contributed by atoms with van der Waals surface area (Å²) in [4.78, 5) is 17.6. The number of rotatable bonds is 3. The fourth-order valence-electron chi connectivity index (χ4n) is 1.88. The van der Waals surface area contributed by atoms with E-state index >= 15 is 0 Å². The number of nitrogens with zero attached hydrogens (tertiary/aromatic N) is 2. The molecule has 0 fully saturated rings. The fourth-order valence-corrected chi connectivity index (χ4v) is 4.05. The van der Waals surface area contributed by atoms with Gasteiger partial charge in [-0.15, -0.1) is 11.3 Å². The zero-order valence-electron chi connectivity index (χ0n) is 10.7. The van der Waals surface area contributed by atoms with E-state index in [2.05, 4.69) is 33.0 Å². The van der Waals surface area contributed by atoms with Crippen molar-refractivity contribution in [3.8, 4) is 0 Å². The maximum Gasteiger partial charge on any atom is 0.262 e. The van der Waals surface area contributed by atoms with Gasteiger partial charge in [-0.1, -0.05) is 39.8 Å². The van der Waals surface area contributed by atoms with E-state index in [0.29, 0.717) is 5.39 Å². The lowest BCUT2D eigenvalue weighted by molar-refractivity contribution is 0.728. The number of aromatic nitrogens is 2. The van der Waals surface area contributed by atoms with Gasteiger partial charge in [0, 0.05) is 17.3 Å². The molecule has 0 bridgehead atoms. The molecule has 0 aliphatic carbocycles. The molecule has 3 rings (SSSR count). The van der Waals surface area contributed by atoms with E-state index in [1.165, 1.54) is 16.9 Å². The van der Waals surface area contributed by atoms with Gasteiger partial charge in [-0.2, -0.15) is 0 Å². The highest BCUT2D eigenvalue weighted by Crippen LogP contribution is 2.24. The Hall–Kier alpha value is -1.11. The molecule has 0 unspecified atom stereocenters. The van der Waals surface area contributed by atoms with Crippen molar-refractivity contribution in [3.63, 3.8) is 0 Å². The molecule has 0 saturated heterocycles. The third-order valence-electron chi connectivity index (χ3n) is 2.92. The summed E-state index contributed by atoms with van der Waals surface area (Å²) in [6.45, 7) is 0. The van der Waals surface area contributed by atoms with Gasteiger partial charge >= 0.3 is 0 Å². The van der Waals surface area contributed by atoms with E-state index in [-0.39, 0.29) is 5.56 Å². The third kappa shape index (κ3) is 2.68. The molecule has 0 atom stereocenters. The first-order chi connectivity index (χ1) is 9.65. The monoisotopic (exact) mass is 366 g/mol. The molecular formula is C14H11BrN2OS2. The van der Waals surface area contributed by atoms with Crippen molar-refractivity contribution in [2.75, 3.05) is 0 Å². The van der Waals surface area contributed by atoms with E-state index in [0.717, 1.165) is 20.2 Å². The average Bonchev–Trinajstić information content (AvgIpc) is 2.90. The molecule has 0 N–H and O–H groups in total. The summed E-state index contributed by atoms with van der Waals surface area (Å²) in [5.41, 5.74) is 1.22. The van der Waals surface area contributed by atoms with Crippen LogP contribution in [0.2, 0.25) is 0 Å².